The average molecular weight is 243 g/mol. The number of likely N-dealkylation sites (tertiary alicyclic amines) is 1. The lowest BCUT2D eigenvalue weighted by Gasteiger charge is -2.57. The van der Waals surface area contributed by atoms with Crippen LogP contribution in [0.4, 0.5) is 0 Å². The van der Waals surface area contributed by atoms with Crippen LogP contribution in [0.15, 0.2) is 0 Å². The zero-order valence-electron chi connectivity index (χ0n) is 10.6. The Morgan fingerprint density at radius 2 is 1.29 bits per heavy atom. The van der Waals surface area contributed by atoms with E-state index in [-0.39, 0.29) is 19.8 Å². The molecule has 2 fully saturated rings. The fraction of sp³-hybridized carbons (Fsp3) is 1.00. The molecule has 3 N–H and O–H groups in total. The van der Waals surface area contributed by atoms with E-state index in [1.165, 1.54) is 38.5 Å². The van der Waals surface area contributed by atoms with E-state index in [1.807, 2.05) is 0 Å². The monoisotopic (exact) mass is 243 g/mol. The van der Waals surface area contributed by atoms with Crippen LogP contribution in [0.1, 0.15) is 38.5 Å². The molecule has 1 heterocycles. The molecule has 4 nitrogen and oxygen atoms in total. The van der Waals surface area contributed by atoms with Crippen LogP contribution >= 0.6 is 0 Å². The second kappa shape index (κ2) is 5.22. The van der Waals surface area contributed by atoms with E-state index < -0.39 is 5.54 Å². The summed E-state index contributed by atoms with van der Waals surface area (Å²) in [6.45, 7) is 1.34. The lowest BCUT2D eigenvalue weighted by Crippen LogP contribution is -2.69. The maximum absolute atomic E-state index is 9.39. The first kappa shape index (κ1) is 13.3. The van der Waals surface area contributed by atoms with E-state index in [9.17, 15) is 15.3 Å². The molecule has 1 aliphatic heterocycles. The molecule has 0 bridgehead atoms. The van der Waals surface area contributed by atoms with Crippen molar-refractivity contribution in [3.05, 3.63) is 0 Å². The Morgan fingerprint density at radius 3 is 1.71 bits per heavy atom. The highest BCUT2D eigenvalue weighted by Gasteiger charge is 2.50. The van der Waals surface area contributed by atoms with Crippen molar-refractivity contribution in [3.63, 3.8) is 0 Å². The van der Waals surface area contributed by atoms with Gasteiger partial charge in [0.15, 0.2) is 0 Å². The zero-order valence-corrected chi connectivity index (χ0v) is 10.6. The van der Waals surface area contributed by atoms with Crippen LogP contribution in [0.2, 0.25) is 0 Å². The summed E-state index contributed by atoms with van der Waals surface area (Å²) in [5.41, 5.74) is -0.404. The fourth-order valence-corrected chi connectivity index (χ4v) is 3.34. The molecule has 0 aromatic carbocycles. The van der Waals surface area contributed by atoms with E-state index >= 15 is 0 Å². The van der Waals surface area contributed by atoms with Crippen LogP contribution in [0.3, 0.4) is 0 Å². The van der Waals surface area contributed by atoms with Crippen LogP contribution < -0.4 is 0 Å². The Balaban J connectivity index is 1.95. The maximum Gasteiger partial charge on any atom is 0.0906 e. The van der Waals surface area contributed by atoms with Crippen molar-refractivity contribution in [2.45, 2.75) is 44.1 Å². The molecule has 4 heteroatoms. The van der Waals surface area contributed by atoms with Gasteiger partial charge in [-0.05, 0) is 18.3 Å². The molecular formula is C13H25NO3. The van der Waals surface area contributed by atoms with Gasteiger partial charge in [0.2, 0.25) is 0 Å². The van der Waals surface area contributed by atoms with Gasteiger partial charge in [-0.3, -0.25) is 4.90 Å². The topological polar surface area (TPSA) is 63.9 Å². The van der Waals surface area contributed by atoms with Crippen molar-refractivity contribution in [2.75, 3.05) is 32.9 Å². The summed E-state index contributed by atoms with van der Waals surface area (Å²) in [4.78, 5) is 2.07. The molecular weight excluding hydrogens is 218 g/mol. The van der Waals surface area contributed by atoms with E-state index in [1.54, 1.807) is 0 Å². The maximum atomic E-state index is 9.39. The van der Waals surface area contributed by atoms with Crippen molar-refractivity contribution < 1.29 is 15.3 Å². The number of hydrogen-bond donors (Lipinski definition) is 3. The fourth-order valence-electron chi connectivity index (χ4n) is 3.34. The van der Waals surface area contributed by atoms with Crippen LogP contribution in [0.5, 0.6) is 0 Å². The van der Waals surface area contributed by atoms with Crippen molar-refractivity contribution in [1.29, 1.82) is 0 Å². The predicted molar refractivity (Wildman–Crippen MR) is 65.7 cm³/mol. The SMILES string of the molecule is OCC(CO)(CO)N1CC2(CCCCCC2)C1. The van der Waals surface area contributed by atoms with Crippen molar-refractivity contribution in [2.24, 2.45) is 5.41 Å². The summed E-state index contributed by atoms with van der Waals surface area (Å²) in [7, 11) is 0. The van der Waals surface area contributed by atoms with Crippen molar-refractivity contribution in [1.82, 2.24) is 4.90 Å². The highest BCUT2D eigenvalue weighted by molar-refractivity contribution is 5.04. The Labute approximate surface area is 103 Å². The van der Waals surface area contributed by atoms with Crippen molar-refractivity contribution in [3.8, 4) is 0 Å². The van der Waals surface area contributed by atoms with Gasteiger partial charge in [-0.2, -0.15) is 0 Å². The largest absolute Gasteiger partial charge is 0.394 e. The number of rotatable bonds is 4. The normalized spacial score (nSPS) is 25.6. The van der Waals surface area contributed by atoms with Crippen LogP contribution in [-0.4, -0.2) is 58.7 Å². The number of nitrogens with zero attached hydrogens (tertiary/aromatic N) is 1. The Hall–Kier alpha value is -0.160. The van der Waals surface area contributed by atoms with Gasteiger partial charge in [0, 0.05) is 13.1 Å². The summed E-state index contributed by atoms with van der Waals surface area (Å²) in [5.74, 6) is 0. The molecule has 1 saturated heterocycles. The number of aliphatic hydroxyl groups is 3. The third kappa shape index (κ3) is 2.36. The van der Waals surface area contributed by atoms with E-state index in [4.69, 9.17) is 0 Å². The lowest BCUT2D eigenvalue weighted by atomic mass is 9.71. The minimum Gasteiger partial charge on any atom is -0.394 e. The molecule has 17 heavy (non-hydrogen) atoms. The molecule has 1 aliphatic carbocycles. The first-order chi connectivity index (χ1) is 8.20. The highest BCUT2D eigenvalue weighted by atomic mass is 16.3. The second-order valence-corrected chi connectivity index (χ2v) is 5.97. The summed E-state index contributed by atoms with van der Waals surface area (Å²) >= 11 is 0. The Morgan fingerprint density at radius 1 is 0.824 bits per heavy atom. The molecule has 100 valence electrons. The second-order valence-electron chi connectivity index (χ2n) is 5.97. The molecule has 0 radical (unpaired) electrons. The van der Waals surface area contributed by atoms with Gasteiger partial charge in [-0.15, -0.1) is 0 Å². The summed E-state index contributed by atoms with van der Waals surface area (Å²) in [6.07, 6.45) is 7.82. The van der Waals surface area contributed by atoms with Crippen LogP contribution in [0, 0.1) is 5.41 Å². The van der Waals surface area contributed by atoms with E-state index in [0.29, 0.717) is 5.41 Å². The van der Waals surface area contributed by atoms with Gasteiger partial charge >= 0.3 is 0 Å². The van der Waals surface area contributed by atoms with E-state index in [2.05, 4.69) is 4.90 Å². The number of hydrogen-bond acceptors (Lipinski definition) is 4. The zero-order chi connectivity index (χ0) is 12.4. The summed E-state index contributed by atoms with van der Waals surface area (Å²) in [6, 6.07) is 0. The van der Waals surface area contributed by atoms with Crippen LogP contribution in [-0.2, 0) is 0 Å². The molecule has 1 spiro atoms. The summed E-state index contributed by atoms with van der Waals surface area (Å²) in [5, 5.41) is 28.2. The van der Waals surface area contributed by atoms with Gasteiger partial charge in [-0.25, -0.2) is 0 Å². The molecule has 2 aliphatic rings. The first-order valence-corrected chi connectivity index (χ1v) is 6.78. The Kier molecular flexibility index (Phi) is 4.08. The average Bonchev–Trinajstić information content (AvgIpc) is 2.57. The molecule has 0 aromatic rings. The van der Waals surface area contributed by atoms with Gasteiger partial charge in [0.25, 0.3) is 0 Å². The first-order valence-electron chi connectivity index (χ1n) is 6.78. The smallest absolute Gasteiger partial charge is 0.0906 e. The van der Waals surface area contributed by atoms with Crippen molar-refractivity contribution >= 4 is 0 Å². The highest BCUT2D eigenvalue weighted by Crippen LogP contribution is 2.45. The third-order valence-electron chi connectivity index (χ3n) is 4.77. The summed E-state index contributed by atoms with van der Waals surface area (Å²) < 4.78 is 0. The molecule has 0 unspecified atom stereocenters. The molecule has 0 aromatic heterocycles. The minimum atomic E-state index is -0.808. The standard InChI is InChI=1S/C13H25NO3/c15-9-13(10-16,11-17)14-7-12(8-14)5-3-1-2-4-6-12/h15-17H,1-11H2. The lowest BCUT2D eigenvalue weighted by molar-refractivity contribution is -0.138. The van der Waals surface area contributed by atoms with Gasteiger partial charge in [0.05, 0.1) is 25.4 Å². The van der Waals surface area contributed by atoms with Gasteiger partial charge in [-0.1, -0.05) is 25.7 Å². The molecule has 2 rings (SSSR count). The van der Waals surface area contributed by atoms with Gasteiger partial charge < -0.3 is 15.3 Å². The molecule has 0 amide bonds. The van der Waals surface area contributed by atoms with Gasteiger partial charge in [0.1, 0.15) is 0 Å². The quantitative estimate of drug-likeness (QED) is 0.667. The minimum absolute atomic E-state index is 0.171. The number of aliphatic hydroxyl groups excluding tert-OH is 3. The van der Waals surface area contributed by atoms with E-state index in [0.717, 1.165) is 13.1 Å². The van der Waals surface area contributed by atoms with Crippen LogP contribution in [0.25, 0.3) is 0 Å². The molecule has 0 atom stereocenters. The third-order valence-corrected chi connectivity index (χ3v) is 4.77. The predicted octanol–water partition coefficient (Wildman–Crippen LogP) is 0.358. The Bertz CT molecular complexity index is 229. The molecule has 1 saturated carbocycles.